The van der Waals surface area contributed by atoms with Crippen LogP contribution in [0.15, 0.2) is 48.3 Å². The number of benzene rings is 2. The lowest BCUT2D eigenvalue weighted by Crippen LogP contribution is -2.25. The fraction of sp³-hybridized carbons (Fsp3) is 0.200. The quantitative estimate of drug-likeness (QED) is 0.625. The highest BCUT2D eigenvalue weighted by Crippen LogP contribution is 2.38. The van der Waals surface area contributed by atoms with Crippen molar-refractivity contribution >= 4 is 11.8 Å². The van der Waals surface area contributed by atoms with Crippen molar-refractivity contribution in [3.8, 4) is 17.2 Å². The van der Waals surface area contributed by atoms with Crippen LogP contribution >= 0.6 is 0 Å². The zero-order valence-corrected chi connectivity index (χ0v) is 15.6. The normalized spacial score (nSPS) is 15.1. The average molecular weight is 384 g/mol. The van der Waals surface area contributed by atoms with Crippen molar-refractivity contribution in [3.63, 3.8) is 0 Å². The summed E-state index contributed by atoms with van der Waals surface area (Å²) in [5.41, 5.74) is 1.73. The first-order chi connectivity index (χ1) is 13.5. The van der Waals surface area contributed by atoms with Crippen molar-refractivity contribution in [1.82, 2.24) is 10.6 Å². The molecule has 8 nitrogen and oxygen atoms in total. The van der Waals surface area contributed by atoms with Gasteiger partial charge in [0.05, 0.1) is 26.9 Å². The molecule has 2 aromatic rings. The number of nitrogens with one attached hydrogen (secondary N) is 2. The number of carbonyl (C=O) groups is 2. The maximum atomic E-state index is 12.9. The molecule has 1 aliphatic heterocycles. The van der Waals surface area contributed by atoms with E-state index >= 15 is 0 Å². The molecule has 0 bridgehead atoms. The zero-order valence-electron chi connectivity index (χ0n) is 15.6. The van der Waals surface area contributed by atoms with Crippen LogP contribution in [0.4, 0.5) is 0 Å². The molecule has 0 aliphatic carbocycles. The Morgan fingerprint density at radius 3 is 2.04 bits per heavy atom. The smallest absolute Gasteiger partial charge is 0.335 e. The third-order valence-corrected chi connectivity index (χ3v) is 4.36. The second kappa shape index (κ2) is 7.91. The summed E-state index contributed by atoms with van der Waals surface area (Å²) >= 11 is 0. The molecule has 8 heteroatoms. The maximum Gasteiger partial charge on any atom is 0.335 e. The molecule has 0 aromatic heterocycles. The van der Waals surface area contributed by atoms with Gasteiger partial charge in [-0.2, -0.15) is 0 Å². The Labute approximate surface area is 161 Å². The van der Waals surface area contributed by atoms with E-state index in [-0.39, 0.29) is 17.5 Å². The predicted molar refractivity (Wildman–Crippen MR) is 101 cm³/mol. The van der Waals surface area contributed by atoms with Crippen molar-refractivity contribution in [3.05, 3.63) is 65.0 Å². The minimum Gasteiger partial charge on any atom is -0.493 e. The van der Waals surface area contributed by atoms with E-state index in [9.17, 15) is 9.59 Å². The lowest BCUT2D eigenvalue weighted by Gasteiger charge is -2.16. The van der Waals surface area contributed by atoms with E-state index in [0.717, 1.165) is 5.56 Å². The summed E-state index contributed by atoms with van der Waals surface area (Å²) in [4.78, 5) is 23.9. The minimum atomic E-state index is -0.990. The van der Waals surface area contributed by atoms with Gasteiger partial charge in [-0.1, -0.05) is 12.1 Å². The standard InChI is InChI=1S/C20H20N2O6/c1-26-15-8-13(9-16(27-2)18(15)28-3)17(23)14-10-21-19(22-14)11-4-6-12(7-5-11)20(24)25/h4-10,19,21-22H,1-3H3,(H,24,25). The number of hydrogen-bond donors (Lipinski definition) is 3. The molecule has 3 rings (SSSR count). The summed E-state index contributed by atoms with van der Waals surface area (Å²) in [6, 6.07) is 9.58. The Morgan fingerprint density at radius 2 is 1.54 bits per heavy atom. The summed E-state index contributed by atoms with van der Waals surface area (Å²) < 4.78 is 15.9. The molecule has 0 radical (unpaired) electrons. The first-order valence-corrected chi connectivity index (χ1v) is 8.39. The van der Waals surface area contributed by atoms with E-state index in [4.69, 9.17) is 19.3 Å². The monoisotopic (exact) mass is 384 g/mol. The predicted octanol–water partition coefficient (Wildman–Crippen LogP) is 2.33. The Hall–Kier alpha value is -3.68. The number of allylic oxidation sites excluding steroid dienone is 1. The van der Waals surface area contributed by atoms with E-state index in [1.54, 1.807) is 30.5 Å². The molecule has 0 saturated heterocycles. The van der Waals surface area contributed by atoms with Crippen LogP contribution in [0.5, 0.6) is 17.2 Å². The summed E-state index contributed by atoms with van der Waals surface area (Å²) in [6.07, 6.45) is 1.24. The van der Waals surface area contributed by atoms with Crippen molar-refractivity contribution in [2.24, 2.45) is 0 Å². The number of ketones is 1. The third-order valence-electron chi connectivity index (χ3n) is 4.36. The zero-order chi connectivity index (χ0) is 20.3. The van der Waals surface area contributed by atoms with Crippen molar-refractivity contribution < 1.29 is 28.9 Å². The van der Waals surface area contributed by atoms with E-state index < -0.39 is 5.97 Å². The van der Waals surface area contributed by atoms with Crippen LogP contribution in [-0.2, 0) is 0 Å². The van der Waals surface area contributed by atoms with Gasteiger partial charge in [0, 0.05) is 11.8 Å². The van der Waals surface area contributed by atoms with Gasteiger partial charge in [-0.05, 0) is 29.8 Å². The molecule has 28 heavy (non-hydrogen) atoms. The molecule has 1 unspecified atom stereocenters. The summed E-state index contributed by atoms with van der Waals surface area (Å²) in [5, 5.41) is 15.2. The fourth-order valence-corrected chi connectivity index (χ4v) is 2.90. The summed E-state index contributed by atoms with van der Waals surface area (Å²) in [6.45, 7) is 0. The Balaban J connectivity index is 1.80. The molecule has 146 valence electrons. The number of hydrogen-bond acceptors (Lipinski definition) is 7. The Morgan fingerprint density at radius 1 is 0.929 bits per heavy atom. The van der Waals surface area contributed by atoms with E-state index in [1.165, 1.54) is 33.5 Å². The van der Waals surface area contributed by atoms with Crippen LogP contribution in [0.3, 0.4) is 0 Å². The van der Waals surface area contributed by atoms with Gasteiger partial charge in [-0.25, -0.2) is 4.79 Å². The van der Waals surface area contributed by atoms with Gasteiger partial charge in [0.2, 0.25) is 11.5 Å². The number of carboxylic acid groups (broad SMARTS) is 1. The van der Waals surface area contributed by atoms with Crippen molar-refractivity contribution in [2.75, 3.05) is 21.3 Å². The fourth-order valence-electron chi connectivity index (χ4n) is 2.90. The van der Waals surface area contributed by atoms with Gasteiger partial charge < -0.3 is 30.0 Å². The van der Waals surface area contributed by atoms with Gasteiger partial charge in [0.1, 0.15) is 11.9 Å². The van der Waals surface area contributed by atoms with E-state index in [1.807, 2.05) is 0 Å². The highest BCUT2D eigenvalue weighted by Gasteiger charge is 2.25. The van der Waals surface area contributed by atoms with Gasteiger partial charge in [0.25, 0.3) is 0 Å². The second-order valence-electron chi connectivity index (χ2n) is 5.97. The molecule has 2 aromatic carbocycles. The molecule has 0 spiro atoms. The number of rotatable bonds is 7. The molecule has 3 N–H and O–H groups in total. The molecule has 1 heterocycles. The van der Waals surface area contributed by atoms with Gasteiger partial charge in [0.15, 0.2) is 11.5 Å². The number of ether oxygens (including phenoxy) is 3. The summed E-state index contributed by atoms with van der Waals surface area (Å²) in [7, 11) is 4.46. The van der Waals surface area contributed by atoms with Crippen LogP contribution in [0, 0.1) is 0 Å². The number of Topliss-reactive ketones (excluding diaryl/α,β-unsaturated/α-hetero) is 1. The first kappa shape index (κ1) is 19.1. The lowest BCUT2D eigenvalue weighted by atomic mass is 10.1. The number of carboxylic acids is 1. The molecular weight excluding hydrogens is 364 g/mol. The Kier molecular flexibility index (Phi) is 5.39. The maximum absolute atomic E-state index is 12.9. The van der Waals surface area contributed by atoms with Crippen LogP contribution in [0.1, 0.15) is 32.4 Å². The highest BCUT2D eigenvalue weighted by molar-refractivity contribution is 6.09. The first-order valence-electron chi connectivity index (χ1n) is 8.39. The molecule has 1 atom stereocenters. The lowest BCUT2D eigenvalue weighted by molar-refractivity contribution is 0.0696. The van der Waals surface area contributed by atoms with E-state index in [2.05, 4.69) is 10.6 Å². The number of aromatic carboxylic acids is 1. The minimum absolute atomic E-state index is 0.198. The highest BCUT2D eigenvalue weighted by atomic mass is 16.5. The van der Waals surface area contributed by atoms with Gasteiger partial charge in [-0.3, -0.25) is 4.79 Å². The molecule has 0 saturated carbocycles. The number of carbonyl (C=O) groups excluding carboxylic acids is 1. The van der Waals surface area contributed by atoms with Crippen LogP contribution in [-0.4, -0.2) is 38.2 Å². The molecule has 0 amide bonds. The van der Waals surface area contributed by atoms with Crippen LogP contribution < -0.4 is 24.8 Å². The number of methoxy groups -OCH3 is 3. The summed E-state index contributed by atoms with van der Waals surface area (Å²) in [5.74, 6) is -0.0637. The van der Waals surface area contributed by atoms with Crippen LogP contribution in [0.25, 0.3) is 0 Å². The largest absolute Gasteiger partial charge is 0.493 e. The Bertz CT molecular complexity index is 911. The van der Waals surface area contributed by atoms with Gasteiger partial charge in [-0.15, -0.1) is 0 Å². The molecular formula is C20H20N2O6. The SMILES string of the molecule is COc1cc(C(=O)C2=CNC(c3ccc(C(=O)O)cc3)N2)cc(OC)c1OC. The molecule has 1 aliphatic rings. The van der Waals surface area contributed by atoms with Gasteiger partial charge >= 0.3 is 5.97 Å². The van der Waals surface area contributed by atoms with Crippen molar-refractivity contribution in [1.29, 1.82) is 0 Å². The topological polar surface area (TPSA) is 106 Å². The average Bonchev–Trinajstić information content (AvgIpc) is 3.22. The van der Waals surface area contributed by atoms with E-state index in [0.29, 0.717) is 28.5 Å². The van der Waals surface area contributed by atoms with Crippen LogP contribution in [0.2, 0.25) is 0 Å². The molecule has 0 fully saturated rings. The second-order valence-corrected chi connectivity index (χ2v) is 5.97. The van der Waals surface area contributed by atoms with Crippen molar-refractivity contribution in [2.45, 2.75) is 6.17 Å². The third kappa shape index (κ3) is 3.57.